The quantitative estimate of drug-likeness (QED) is 0.0618. The molecule has 0 fully saturated rings. The molecule has 1 atom stereocenters. The number of quaternary nitrogens is 1. The van der Waals surface area contributed by atoms with E-state index in [0.29, 0.717) is 41.9 Å². The van der Waals surface area contributed by atoms with E-state index in [9.17, 15) is 22.8 Å². The van der Waals surface area contributed by atoms with Gasteiger partial charge in [0.05, 0.1) is 27.7 Å². The van der Waals surface area contributed by atoms with Gasteiger partial charge < -0.3 is 43.3 Å². The molecule has 3 aromatic carbocycles. The summed E-state index contributed by atoms with van der Waals surface area (Å²) < 4.78 is 51.7. The van der Waals surface area contributed by atoms with Crippen molar-refractivity contribution in [2.75, 3.05) is 34.3 Å². The molecule has 1 N–H and O–H groups in total. The molecule has 3 aromatic rings. The molecule has 0 spiro atoms. The summed E-state index contributed by atoms with van der Waals surface area (Å²) in [6, 6.07) is 17.0. The Balaban J connectivity index is 0.00000645. The van der Waals surface area contributed by atoms with Crippen LogP contribution in [0.4, 0.5) is 13.2 Å². The molecule has 0 aliphatic rings. The van der Waals surface area contributed by atoms with Crippen molar-refractivity contribution < 1.29 is 60.7 Å². The normalized spacial score (nSPS) is 11.8. The first-order chi connectivity index (χ1) is 20.0. The van der Waals surface area contributed by atoms with Crippen LogP contribution < -0.4 is 38.8 Å². The number of carbonyl (C=O) groups is 2. The number of halogens is 4. The van der Waals surface area contributed by atoms with Crippen molar-refractivity contribution >= 4 is 11.9 Å². The highest BCUT2D eigenvalue weighted by Gasteiger charge is 2.31. The van der Waals surface area contributed by atoms with Crippen LogP contribution in [0.15, 0.2) is 66.7 Å². The summed E-state index contributed by atoms with van der Waals surface area (Å²) in [5, 5.41) is 3.12. The second-order valence-electron chi connectivity index (χ2n) is 11.2. The summed E-state index contributed by atoms with van der Waals surface area (Å²) >= 11 is 0. The SMILES string of the molecule is C[N+](C)(C)C(Cc1ccccc1)C(=O)NCCCCCCCCOc1ccc(OC(=O)c2cc(F)cc(F)c2F)cc1.[I-]. The molecule has 10 heteroatoms. The molecule has 0 bridgehead atoms. The van der Waals surface area contributed by atoms with Crippen LogP contribution in [-0.2, 0) is 11.2 Å². The first-order valence-corrected chi connectivity index (χ1v) is 14.3. The van der Waals surface area contributed by atoms with E-state index < -0.39 is 29.0 Å². The number of benzene rings is 3. The Morgan fingerprint density at radius 3 is 2.07 bits per heavy atom. The zero-order valence-corrected chi connectivity index (χ0v) is 27.0. The molecule has 234 valence electrons. The van der Waals surface area contributed by atoms with E-state index >= 15 is 0 Å². The van der Waals surface area contributed by atoms with E-state index in [4.69, 9.17) is 9.47 Å². The fraction of sp³-hybridized carbons (Fsp3) is 0.394. The van der Waals surface area contributed by atoms with Crippen molar-refractivity contribution in [1.82, 2.24) is 5.32 Å². The predicted molar refractivity (Wildman–Crippen MR) is 156 cm³/mol. The van der Waals surface area contributed by atoms with Gasteiger partial charge in [0.1, 0.15) is 22.9 Å². The largest absolute Gasteiger partial charge is 1.00 e. The number of amides is 1. The fourth-order valence-electron chi connectivity index (χ4n) is 4.48. The monoisotopic (exact) mass is 712 g/mol. The number of hydrogen-bond acceptors (Lipinski definition) is 4. The molecular weight excluding hydrogens is 672 g/mol. The van der Waals surface area contributed by atoms with Crippen LogP contribution in [0.3, 0.4) is 0 Å². The minimum absolute atomic E-state index is 0. The van der Waals surface area contributed by atoms with Gasteiger partial charge in [0.2, 0.25) is 0 Å². The average molecular weight is 713 g/mol. The average Bonchev–Trinajstić information content (AvgIpc) is 2.95. The predicted octanol–water partition coefficient (Wildman–Crippen LogP) is 3.48. The van der Waals surface area contributed by atoms with Crippen LogP contribution in [0.5, 0.6) is 11.5 Å². The van der Waals surface area contributed by atoms with Gasteiger partial charge in [-0.3, -0.25) is 4.79 Å². The van der Waals surface area contributed by atoms with Gasteiger partial charge in [-0.15, -0.1) is 0 Å². The van der Waals surface area contributed by atoms with Gasteiger partial charge >= 0.3 is 5.97 Å². The molecule has 1 amide bonds. The number of nitrogens with one attached hydrogen (secondary N) is 1. The summed E-state index contributed by atoms with van der Waals surface area (Å²) in [4.78, 5) is 25.0. The number of hydrogen-bond donors (Lipinski definition) is 1. The highest BCUT2D eigenvalue weighted by Crippen LogP contribution is 2.21. The number of nitrogens with zero attached hydrogens (tertiary/aromatic N) is 1. The van der Waals surface area contributed by atoms with Gasteiger partial charge in [-0.25, -0.2) is 18.0 Å². The molecule has 6 nitrogen and oxygen atoms in total. The number of likely N-dealkylation sites (N-methyl/N-ethyl adjacent to an activating group) is 1. The van der Waals surface area contributed by atoms with Crippen molar-refractivity contribution in [2.24, 2.45) is 0 Å². The van der Waals surface area contributed by atoms with Crippen LogP contribution in [0, 0.1) is 17.5 Å². The number of esters is 1. The molecule has 0 aliphatic heterocycles. The molecule has 43 heavy (non-hydrogen) atoms. The van der Waals surface area contributed by atoms with Crippen molar-refractivity contribution in [3.8, 4) is 11.5 Å². The zero-order chi connectivity index (χ0) is 30.5. The standard InChI is InChI=1S/C33H39F3N2O4.HI/c1-38(2,3)30(21-24-13-9-8-10-14-24)32(39)37-19-11-6-4-5-7-12-20-41-26-15-17-27(18-16-26)42-33(40)28-22-25(34)23-29(35)31(28)36;/h8-10,13-18,22-23,30H,4-7,11-12,19-21H2,1-3H3;1H. The number of carbonyl (C=O) groups excluding carboxylic acids is 2. The zero-order valence-electron chi connectivity index (χ0n) is 24.9. The molecule has 0 heterocycles. The summed E-state index contributed by atoms with van der Waals surface area (Å²) in [6.45, 7) is 1.20. The Bertz CT molecular complexity index is 1300. The van der Waals surface area contributed by atoms with Crippen LogP contribution >= 0.6 is 0 Å². The summed E-state index contributed by atoms with van der Waals surface area (Å²) in [7, 11) is 6.15. The Labute approximate surface area is 269 Å². The van der Waals surface area contributed by atoms with Crippen LogP contribution in [-0.4, -0.2) is 56.7 Å². The van der Waals surface area contributed by atoms with Gasteiger partial charge in [0.15, 0.2) is 17.7 Å². The summed E-state index contributed by atoms with van der Waals surface area (Å²) in [5.41, 5.74) is 0.344. The van der Waals surface area contributed by atoms with E-state index in [1.165, 1.54) is 12.1 Å². The summed E-state index contributed by atoms with van der Waals surface area (Å²) in [5.74, 6) is -4.43. The topological polar surface area (TPSA) is 64.6 Å². The van der Waals surface area contributed by atoms with Crippen LogP contribution in [0.1, 0.15) is 54.4 Å². The van der Waals surface area contributed by atoms with E-state index in [0.717, 1.165) is 44.1 Å². The van der Waals surface area contributed by atoms with Gasteiger partial charge in [-0.2, -0.15) is 0 Å². The number of unbranched alkanes of at least 4 members (excludes halogenated alkanes) is 5. The van der Waals surface area contributed by atoms with E-state index in [1.54, 1.807) is 12.1 Å². The molecule has 0 saturated carbocycles. The van der Waals surface area contributed by atoms with Gasteiger partial charge in [-0.05, 0) is 48.7 Å². The molecular formula is C33H40F3IN2O4. The minimum Gasteiger partial charge on any atom is -1.00 e. The second kappa shape index (κ2) is 17.9. The molecule has 0 saturated heterocycles. The Kier molecular flexibility index (Phi) is 15.0. The Morgan fingerprint density at radius 1 is 0.814 bits per heavy atom. The van der Waals surface area contributed by atoms with E-state index in [2.05, 4.69) is 17.4 Å². The highest BCUT2D eigenvalue weighted by molar-refractivity contribution is 5.91. The lowest BCUT2D eigenvalue weighted by Crippen LogP contribution is -3.00. The molecule has 0 radical (unpaired) electrons. The minimum atomic E-state index is -1.46. The Hall–Kier alpha value is -3.12. The first-order valence-electron chi connectivity index (χ1n) is 14.3. The number of rotatable bonds is 16. The van der Waals surface area contributed by atoms with Crippen LogP contribution in [0.2, 0.25) is 0 Å². The highest BCUT2D eigenvalue weighted by atomic mass is 127. The third-order valence-corrected chi connectivity index (χ3v) is 6.90. The first kappa shape index (κ1) is 36.1. The third kappa shape index (κ3) is 12.2. The molecule has 0 aromatic heterocycles. The lowest BCUT2D eigenvalue weighted by atomic mass is 10.0. The van der Waals surface area contributed by atoms with E-state index in [1.807, 2.05) is 39.3 Å². The molecule has 0 aliphatic carbocycles. The van der Waals surface area contributed by atoms with Crippen molar-refractivity contribution in [3.05, 3.63) is 95.3 Å². The Morgan fingerprint density at radius 2 is 1.42 bits per heavy atom. The maximum Gasteiger partial charge on any atom is 0.346 e. The van der Waals surface area contributed by atoms with Gasteiger partial charge in [0.25, 0.3) is 5.91 Å². The van der Waals surface area contributed by atoms with Crippen molar-refractivity contribution in [3.63, 3.8) is 0 Å². The lowest BCUT2D eigenvalue weighted by molar-refractivity contribution is -0.886. The van der Waals surface area contributed by atoms with Crippen molar-refractivity contribution in [2.45, 2.75) is 51.0 Å². The molecule has 1 unspecified atom stereocenters. The summed E-state index contributed by atoms with van der Waals surface area (Å²) in [6.07, 6.45) is 6.72. The van der Waals surface area contributed by atoms with Gasteiger partial charge in [0, 0.05) is 19.0 Å². The fourth-order valence-corrected chi connectivity index (χ4v) is 4.48. The van der Waals surface area contributed by atoms with Crippen LogP contribution in [0.25, 0.3) is 0 Å². The maximum atomic E-state index is 13.8. The van der Waals surface area contributed by atoms with E-state index in [-0.39, 0.29) is 41.7 Å². The lowest BCUT2D eigenvalue weighted by Gasteiger charge is -2.33. The molecule has 3 rings (SSSR count). The smallest absolute Gasteiger partial charge is 0.346 e. The maximum absolute atomic E-state index is 13.8. The van der Waals surface area contributed by atoms with Gasteiger partial charge in [-0.1, -0.05) is 56.0 Å². The number of ether oxygens (including phenoxy) is 2. The second-order valence-corrected chi connectivity index (χ2v) is 11.2. The van der Waals surface area contributed by atoms with Crippen molar-refractivity contribution in [1.29, 1.82) is 0 Å². The third-order valence-electron chi connectivity index (χ3n) is 6.90.